The van der Waals surface area contributed by atoms with Crippen LogP contribution in [0.15, 0.2) is 48.0 Å². The molecular formula is C19H15ClN2O3. The quantitative estimate of drug-likeness (QED) is 0.661. The summed E-state index contributed by atoms with van der Waals surface area (Å²) >= 11 is 6.09. The van der Waals surface area contributed by atoms with E-state index in [9.17, 15) is 14.4 Å². The summed E-state index contributed by atoms with van der Waals surface area (Å²) in [6, 6.07) is 11.3. The molecule has 2 aromatic rings. The normalized spacial score (nSPS) is 16.4. The Labute approximate surface area is 149 Å². The van der Waals surface area contributed by atoms with Gasteiger partial charge in [0.2, 0.25) is 0 Å². The van der Waals surface area contributed by atoms with Gasteiger partial charge in [0.1, 0.15) is 5.57 Å². The molecular weight excluding hydrogens is 340 g/mol. The number of nitrogens with one attached hydrogen (secondary N) is 1. The van der Waals surface area contributed by atoms with Crippen molar-refractivity contribution in [3.05, 3.63) is 69.8 Å². The predicted octanol–water partition coefficient (Wildman–Crippen LogP) is 3.62. The van der Waals surface area contributed by atoms with Crippen molar-refractivity contribution in [2.45, 2.75) is 13.8 Å². The van der Waals surface area contributed by atoms with E-state index in [4.69, 9.17) is 11.6 Å². The molecule has 3 rings (SSSR count). The van der Waals surface area contributed by atoms with Crippen molar-refractivity contribution < 1.29 is 14.4 Å². The van der Waals surface area contributed by atoms with Crippen LogP contribution >= 0.6 is 11.6 Å². The maximum absolute atomic E-state index is 12.8. The number of nitrogens with zero attached hydrogens (tertiary/aromatic N) is 1. The summed E-state index contributed by atoms with van der Waals surface area (Å²) in [5, 5.41) is 2.61. The van der Waals surface area contributed by atoms with E-state index >= 15 is 0 Å². The lowest BCUT2D eigenvalue weighted by molar-refractivity contribution is -0.122. The van der Waals surface area contributed by atoms with Gasteiger partial charge in [-0.15, -0.1) is 0 Å². The zero-order valence-corrected chi connectivity index (χ0v) is 14.4. The Morgan fingerprint density at radius 3 is 2.40 bits per heavy atom. The van der Waals surface area contributed by atoms with Crippen LogP contribution < -0.4 is 10.2 Å². The van der Waals surface area contributed by atoms with E-state index in [0.29, 0.717) is 16.3 Å². The number of amides is 4. The highest BCUT2D eigenvalue weighted by molar-refractivity contribution is 6.39. The molecule has 126 valence electrons. The molecule has 0 unspecified atom stereocenters. The first kappa shape index (κ1) is 16.9. The minimum Gasteiger partial charge on any atom is -0.273 e. The molecule has 0 aromatic heterocycles. The number of hydrogen-bond acceptors (Lipinski definition) is 3. The van der Waals surface area contributed by atoms with Crippen LogP contribution in [0, 0.1) is 13.8 Å². The van der Waals surface area contributed by atoms with Gasteiger partial charge in [-0.2, -0.15) is 0 Å². The van der Waals surface area contributed by atoms with Gasteiger partial charge in [-0.3, -0.25) is 14.9 Å². The van der Waals surface area contributed by atoms with E-state index in [2.05, 4.69) is 5.32 Å². The van der Waals surface area contributed by atoms with Gasteiger partial charge in [0.25, 0.3) is 11.8 Å². The zero-order valence-electron chi connectivity index (χ0n) is 13.7. The van der Waals surface area contributed by atoms with Crippen molar-refractivity contribution in [3.63, 3.8) is 0 Å². The number of anilines is 1. The van der Waals surface area contributed by atoms with E-state index in [-0.39, 0.29) is 5.57 Å². The SMILES string of the molecule is Cc1ccc(N2C(=O)NC(=O)C(=Cc3ccccc3Cl)C2=O)cc1C. The van der Waals surface area contributed by atoms with E-state index in [1.807, 2.05) is 19.9 Å². The van der Waals surface area contributed by atoms with Gasteiger partial charge in [-0.1, -0.05) is 35.9 Å². The Balaban J connectivity index is 2.05. The second-order valence-electron chi connectivity index (χ2n) is 5.75. The monoisotopic (exact) mass is 354 g/mol. The number of aryl methyl sites for hydroxylation is 2. The largest absolute Gasteiger partial charge is 0.335 e. The van der Waals surface area contributed by atoms with Crippen molar-refractivity contribution in [1.82, 2.24) is 5.32 Å². The molecule has 4 amide bonds. The summed E-state index contributed by atoms with van der Waals surface area (Å²) in [6.07, 6.45) is 1.39. The summed E-state index contributed by atoms with van der Waals surface area (Å²) in [4.78, 5) is 38.1. The van der Waals surface area contributed by atoms with Gasteiger partial charge in [0.15, 0.2) is 0 Å². The molecule has 25 heavy (non-hydrogen) atoms. The molecule has 1 saturated heterocycles. The van der Waals surface area contributed by atoms with Gasteiger partial charge in [-0.25, -0.2) is 9.69 Å². The second kappa shape index (κ2) is 6.53. The Morgan fingerprint density at radius 1 is 1.00 bits per heavy atom. The summed E-state index contributed by atoms with van der Waals surface area (Å²) in [7, 11) is 0. The first-order valence-electron chi connectivity index (χ1n) is 7.61. The van der Waals surface area contributed by atoms with Crippen LogP contribution in [0.5, 0.6) is 0 Å². The summed E-state index contributed by atoms with van der Waals surface area (Å²) in [6.45, 7) is 3.82. The molecule has 0 spiro atoms. The molecule has 1 aliphatic heterocycles. The average molecular weight is 355 g/mol. The third kappa shape index (κ3) is 3.19. The number of urea groups is 1. The topological polar surface area (TPSA) is 66.5 Å². The third-order valence-corrected chi connectivity index (χ3v) is 4.40. The minimum atomic E-state index is -0.769. The predicted molar refractivity (Wildman–Crippen MR) is 96.4 cm³/mol. The number of carbonyl (C=O) groups excluding carboxylic acids is 3. The van der Waals surface area contributed by atoms with Crippen LogP contribution in [0.4, 0.5) is 10.5 Å². The van der Waals surface area contributed by atoms with E-state index in [1.165, 1.54) is 6.08 Å². The van der Waals surface area contributed by atoms with Crippen molar-refractivity contribution in [2.75, 3.05) is 4.90 Å². The summed E-state index contributed by atoms with van der Waals surface area (Å²) < 4.78 is 0. The highest BCUT2D eigenvalue weighted by atomic mass is 35.5. The van der Waals surface area contributed by atoms with Crippen LogP contribution in [0.3, 0.4) is 0 Å². The van der Waals surface area contributed by atoms with E-state index in [0.717, 1.165) is 16.0 Å². The summed E-state index contributed by atoms with van der Waals surface area (Å²) in [5.74, 6) is -1.42. The average Bonchev–Trinajstić information content (AvgIpc) is 2.56. The molecule has 0 atom stereocenters. The van der Waals surface area contributed by atoms with Crippen molar-refractivity contribution in [3.8, 4) is 0 Å². The number of halogens is 1. The molecule has 5 nitrogen and oxygen atoms in total. The molecule has 0 radical (unpaired) electrons. The fraction of sp³-hybridized carbons (Fsp3) is 0.105. The van der Waals surface area contributed by atoms with Gasteiger partial charge in [-0.05, 0) is 54.8 Å². The highest BCUT2D eigenvalue weighted by Gasteiger charge is 2.36. The third-order valence-electron chi connectivity index (χ3n) is 4.06. The smallest absolute Gasteiger partial charge is 0.273 e. The van der Waals surface area contributed by atoms with Gasteiger partial charge >= 0.3 is 6.03 Å². The lowest BCUT2D eigenvalue weighted by Crippen LogP contribution is -2.54. The highest BCUT2D eigenvalue weighted by Crippen LogP contribution is 2.25. The number of barbiturate groups is 1. The Hall–Kier alpha value is -2.92. The Kier molecular flexibility index (Phi) is 4.42. The lowest BCUT2D eigenvalue weighted by atomic mass is 10.1. The van der Waals surface area contributed by atoms with Gasteiger partial charge < -0.3 is 0 Å². The van der Waals surface area contributed by atoms with Crippen LogP contribution in [-0.2, 0) is 9.59 Å². The van der Waals surface area contributed by atoms with E-state index < -0.39 is 17.8 Å². The van der Waals surface area contributed by atoms with Gasteiger partial charge in [0, 0.05) is 5.02 Å². The second-order valence-corrected chi connectivity index (χ2v) is 6.16. The van der Waals surface area contributed by atoms with Crippen molar-refractivity contribution in [2.24, 2.45) is 0 Å². The van der Waals surface area contributed by atoms with Crippen LogP contribution in [0.1, 0.15) is 16.7 Å². The van der Waals surface area contributed by atoms with Crippen LogP contribution in [0.25, 0.3) is 6.08 Å². The molecule has 1 fully saturated rings. The standard InChI is InChI=1S/C19H15ClN2O3/c1-11-7-8-14(9-12(11)2)22-18(24)15(17(23)21-19(22)25)10-13-5-3-4-6-16(13)20/h3-10H,1-2H3,(H,21,23,25). The number of hydrogen-bond donors (Lipinski definition) is 1. The Morgan fingerprint density at radius 2 is 1.72 bits per heavy atom. The van der Waals surface area contributed by atoms with Crippen molar-refractivity contribution >= 4 is 41.2 Å². The zero-order chi connectivity index (χ0) is 18.1. The fourth-order valence-electron chi connectivity index (χ4n) is 2.50. The molecule has 0 aliphatic carbocycles. The lowest BCUT2D eigenvalue weighted by Gasteiger charge is -2.26. The van der Waals surface area contributed by atoms with E-state index in [1.54, 1.807) is 36.4 Å². The molecule has 0 bridgehead atoms. The molecule has 1 heterocycles. The van der Waals surface area contributed by atoms with Crippen molar-refractivity contribution in [1.29, 1.82) is 0 Å². The number of imide groups is 2. The first-order valence-corrected chi connectivity index (χ1v) is 7.99. The summed E-state index contributed by atoms with van der Waals surface area (Å²) in [5.41, 5.74) is 2.76. The Bertz CT molecular complexity index is 934. The number of rotatable bonds is 2. The van der Waals surface area contributed by atoms with Crippen LogP contribution in [-0.4, -0.2) is 17.8 Å². The molecule has 1 aliphatic rings. The number of carbonyl (C=O) groups is 3. The molecule has 2 aromatic carbocycles. The maximum Gasteiger partial charge on any atom is 0.335 e. The molecule has 0 saturated carbocycles. The maximum atomic E-state index is 12.8. The van der Waals surface area contributed by atoms with Gasteiger partial charge in [0.05, 0.1) is 5.69 Å². The fourth-order valence-corrected chi connectivity index (χ4v) is 2.69. The van der Waals surface area contributed by atoms with Crippen LogP contribution in [0.2, 0.25) is 5.02 Å². The number of benzene rings is 2. The first-order chi connectivity index (χ1) is 11.9. The molecule has 1 N–H and O–H groups in total. The molecule has 6 heteroatoms. The minimum absolute atomic E-state index is 0.147.